The first-order valence-electron chi connectivity index (χ1n) is 11.3. The maximum atomic E-state index is 2.30. The van der Waals surface area contributed by atoms with Gasteiger partial charge in [0.05, 0.1) is 0 Å². The van der Waals surface area contributed by atoms with Crippen LogP contribution in [-0.4, -0.2) is 25.5 Å². The fourth-order valence-electron chi connectivity index (χ4n) is 3.33. The van der Waals surface area contributed by atoms with Gasteiger partial charge >= 0.3 is 0 Å². The van der Waals surface area contributed by atoms with E-state index in [1.165, 1.54) is 29.7 Å². The minimum Gasteiger partial charge on any atom is -0.309 e. The molecule has 0 amide bonds. The number of nitrogens with zero attached hydrogens (tertiary/aromatic N) is 1. The van der Waals surface area contributed by atoms with Gasteiger partial charge in [-0.3, -0.25) is 0 Å². The summed E-state index contributed by atoms with van der Waals surface area (Å²) in [5.41, 5.74) is 3.83. The van der Waals surface area contributed by atoms with Crippen molar-refractivity contribution >= 4 is 0 Å². The van der Waals surface area contributed by atoms with Crippen LogP contribution in [0, 0.1) is 5.92 Å². The van der Waals surface area contributed by atoms with Crippen LogP contribution in [0.2, 0.25) is 0 Å². The zero-order valence-electron chi connectivity index (χ0n) is 20.1. The lowest BCUT2D eigenvalue weighted by Crippen LogP contribution is -2.25. The molecule has 0 aliphatic carbocycles. The molecule has 162 valence electrons. The van der Waals surface area contributed by atoms with Gasteiger partial charge in [0.25, 0.3) is 0 Å². The molecule has 1 heteroatoms. The van der Waals surface area contributed by atoms with E-state index in [1.807, 2.05) is 13.8 Å². The van der Waals surface area contributed by atoms with Crippen LogP contribution in [0.1, 0.15) is 57.7 Å². The fraction of sp³-hybridized carbons (Fsp3) is 0.379. The first-order chi connectivity index (χ1) is 14.4. The predicted octanol–water partition coefficient (Wildman–Crippen LogP) is 7.66. The van der Waals surface area contributed by atoms with E-state index in [1.54, 1.807) is 0 Å². The van der Waals surface area contributed by atoms with Crippen LogP contribution in [0.25, 0.3) is 0 Å². The lowest BCUT2D eigenvalue weighted by atomic mass is 9.71. The molecule has 3 aromatic rings. The molecule has 0 unspecified atom stereocenters. The van der Waals surface area contributed by atoms with Gasteiger partial charge in [-0.2, -0.15) is 0 Å². The highest BCUT2D eigenvalue weighted by atomic mass is 15.0. The average Bonchev–Trinajstić information content (AvgIpc) is 2.80. The van der Waals surface area contributed by atoms with Crippen molar-refractivity contribution in [3.05, 3.63) is 108 Å². The van der Waals surface area contributed by atoms with E-state index in [4.69, 9.17) is 0 Å². The predicted molar refractivity (Wildman–Crippen MR) is 134 cm³/mol. The molecule has 0 aromatic heterocycles. The van der Waals surface area contributed by atoms with Crippen LogP contribution in [-0.2, 0) is 5.41 Å². The monoisotopic (exact) mass is 403 g/mol. The highest BCUT2D eigenvalue weighted by molar-refractivity contribution is 5.49. The highest BCUT2D eigenvalue weighted by Crippen LogP contribution is 2.38. The van der Waals surface area contributed by atoms with Crippen LogP contribution in [0.5, 0.6) is 0 Å². The molecule has 0 spiro atoms. The summed E-state index contributed by atoms with van der Waals surface area (Å²) < 4.78 is 0. The third-order valence-corrected chi connectivity index (χ3v) is 5.21. The van der Waals surface area contributed by atoms with Gasteiger partial charge in [0.1, 0.15) is 0 Å². The molecule has 0 heterocycles. The summed E-state index contributed by atoms with van der Waals surface area (Å²) in [5, 5.41) is 0. The highest BCUT2D eigenvalue weighted by Gasteiger charge is 2.30. The van der Waals surface area contributed by atoms with Gasteiger partial charge in [0.2, 0.25) is 0 Å². The van der Waals surface area contributed by atoms with Crippen LogP contribution < -0.4 is 0 Å². The molecule has 0 atom stereocenters. The molecular formula is C29H41N. The second kappa shape index (κ2) is 13.8. The lowest BCUT2D eigenvalue weighted by Gasteiger charge is -2.31. The van der Waals surface area contributed by atoms with E-state index in [9.17, 15) is 0 Å². The van der Waals surface area contributed by atoms with Gasteiger partial charge in [0.15, 0.2) is 0 Å². The molecule has 0 fully saturated rings. The summed E-state index contributed by atoms with van der Waals surface area (Å²) in [4.78, 5) is 2.22. The SMILES string of the molecule is CC.CC(C)CCN(C)C.CC(c1ccccc1)(c1ccccc1)c1ccccc1. The third kappa shape index (κ3) is 7.80. The molecule has 0 saturated heterocycles. The Hall–Kier alpha value is -2.38. The lowest BCUT2D eigenvalue weighted by molar-refractivity contribution is 0.369. The number of benzene rings is 3. The van der Waals surface area contributed by atoms with Crippen molar-refractivity contribution < 1.29 is 0 Å². The van der Waals surface area contributed by atoms with Crippen molar-refractivity contribution in [2.45, 2.75) is 46.5 Å². The van der Waals surface area contributed by atoms with E-state index in [0.717, 1.165) is 5.92 Å². The Kier molecular flexibility index (Phi) is 11.8. The van der Waals surface area contributed by atoms with Crippen molar-refractivity contribution in [1.29, 1.82) is 0 Å². The Balaban J connectivity index is 0.000000383. The second-order valence-electron chi connectivity index (χ2n) is 8.21. The van der Waals surface area contributed by atoms with Gasteiger partial charge in [-0.15, -0.1) is 0 Å². The number of hydrogen-bond donors (Lipinski definition) is 0. The molecule has 0 N–H and O–H groups in total. The van der Waals surface area contributed by atoms with Gasteiger partial charge < -0.3 is 4.90 Å². The van der Waals surface area contributed by atoms with E-state index < -0.39 is 0 Å². The van der Waals surface area contributed by atoms with Gasteiger partial charge in [-0.1, -0.05) is 119 Å². The summed E-state index contributed by atoms with van der Waals surface area (Å²) in [6, 6.07) is 32.1. The third-order valence-electron chi connectivity index (χ3n) is 5.21. The standard InChI is InChI=1S/C20H18.C7H17N.C2H6/c1-20(17-11-5-2-6-12-17,18-13-7-3-8-14-18)19-15-9-4-10-16-19;1-7(2)5-6-8(3)4;1-2/h2-16H,1H3;7H,5-6H2,1-4H3;1-2H3. The minimum atomic E-state index is -0.121. The first-order valence-corrected chi connectivity index (χ1v) is 11.3. The molecule has 0 bridgehead atoms. The molecule has 0 saturated carbocycles. The summed E-state index contributed by atoms with van der Waals surface area (Å²) in [7, 11) is 4.23. The Morgan fingerprint density at radius 1 is 0.633 bits per heavy atom. The molecule has 0 aliphatic heterocycles. The Labute approximate surface area is 185 Å². The van der Waals surface area contributed by atoms with Crippen molar-refractivity contribution in [3.8, 4) is 0 Å². The Morgan fingerprint density at radius 2 is 0.933 bits per heavy atom. The maximum Gasteiger partial charge on any atom is 0.0423 e. The van der Waals surface area contributed by atoms with E-state index in [2.05, 4.69) is 131 Å². The van der Waals surface area contributed by atoms with Gasteiger partial charge in [-0.25, -0.2) is 0 Å². The van der Waals surface area contributed by atoms with Gasteiger partial charge in [-0.05, 0) is 56.6 Å². The van der Waals surface area contributed by atoms with Crippen molar-refractivity contribution in [2.75, 3.05) is 20.6 Å². The minimum absolute atomic E-state index is 0.121. The van der Waals surface area contributed by atoms with Crippen molar-refractivity contribution in [2.24, 2.45) is 5.92 Å². The quantitative estimate of drug-likeness (QED) is 0.382. The topological polar surface area (TPSA) is 3.24 Å². The Morgan fingerprint density at radius 3 is 1.13 bits per heavy atom. The number of hydrogen-bond acceptors (Lipinski definition) is 1. The summed E-state index contributed by atoms with van der Waals surface area (Å²) in [5.74, 6) is 0.845. The fourth-order valence-corrected chi connectivity index (χ4v) is 3.33. The van der Waals surface area contributed by atoms with Crippen LogP contribution >= 0.6 is 0 Å². The number of rotatable bonds is 6. The van der Waals surface area contributed by atoms with Crippen LogP contribution in [0.15, 0.2) is 91.0 Å². The molecule has 3 rings (SSSR count). The van der Waals surface area contributed by atoms with Crippen molar-refractivity contribution in [3.63, 3.8) is 0 Å². The van der Waals surface area contributed by atoms with Gasteiger partial charge in [0, 0.05) is 5.41 Å². The maximum absolute atomic E-state index is 2.30. The molecule has 1 nitrogen and oxygen atoms in total. The van der Waals surface area contributed by atoms with Crippen molar-refractivity contribution in [1.82, 2.24) is 4.90 Å². The van der Waals surface area contributed by atoms with Crippen LogP contribution in [0.3, 0.4) is 0 Å². The largest absolute Gasteiger partial charge is 0.309 e. The zero-order valence-corrected chi connectivity index (χ0v) is 20.1. The molecule has 3 aromatic carbocycles. The molecule has 0 radical (unpaired) electrons. The zero-order chi connectivity index (χ0) is 22.4. The first kappa shape index (κ1) is 25.7. The van der Waals surface area contributed by atoms with Crippen LogP contribution in [0.4, 0.5) is 0 Å². The normalized spacial score (nSPS) is 10.7. The van der Waals surface area contributed by atoms with E-state index in [-0.39, 0.29) is 5.41 Å². The Bertz CT molecular complexity index is 672. The molecule has 30 heavy (non-hydrogen) atoms. The van der Waals surface area contributed by atoms with E-state index in [0.29, 0.717) is 0 Å². The summed E-state index contributed by atoms with van der Waals surface area (Å²) >= 11 is 0. The van der Waals surface area contributed by atoms with E-state index >= 15 is 0 Å². The molecular weight excluding hydrogens is 362 g/mol. The molecule has 0 aliphatic rings. The summed E-state index contributed by atoms with van der Waals surface area (Å²) in [6.07, 6.45) is 1.31. The smallest absolute Gasteiger partial charge is 0.0423 e. The second-order valence-corrected chi connectivity index (χ2v) is 8.21. The summed E-state index contributed by atoms with van der Waals surface area (Å²) in [6.45, 7) is 12.0. The average molecular weight is 404 g/mol.